The van der Waals surface area contributed by atoms with Crippen LogP contribution in [0.15, 0.2) is 6.33 Å². The van der Waals surface area contributed by atoms with E-state index in [1.54, 1.807) is 6.33 Å². The molecule has 1 aliphatic rings. The van der Waals surface area contributed by atoms with Crippen LogP contribution in [0.4, 0.5) is 0 Å². The van der Waals surface area contributed by atoms with E-state index in [0.717, 1.165) is 18.7 Å². The van der Waals surface area contributed by atoms with Crippen LogP contribution in [-0.4, -0.2) is 33.3 Å². The molecule has 6 heteroatoms. The summed E-state index contributed by atoms with van der Waals surface area (Å²) in [5.74, 6) is 0.902. The molecule has 18 heavy (non-hydrogen) atoms. The normalized spacial score (nSPS) is 17.9. The number of aromatic nitrogens is 3. The smallest absolute Gasteiger partial charge is 0.234 e. The number of aryl methyl sites for hydroxylation is 1. The van der Waals surface area contributed by atoms with Gasteiger partial charge in [-0.15, -0.1) is 10.2 Å². The van der Waals surface area contributed by atoms with Crippen molar-refractivity contribution in [3.63, 3.8) is 0 Å². The molecule has 0 saturated heterocycles. The highest BCUT2D eigenvalue weighted by Crippen LogP contribution is 2.17. The largest absolute Gasteiger partial charge is 0.352 e. The van der Waals surface area contributed by atoms with Crippen molar-refractivity contribution in [2.45, 2.75) is 44.7 Å². The van der Waals surface area contributed by atoms with Crippen molar-refractivity contribution in [1.29, 1.82) is 0 Å². The van der Waals surface area contributed by atoms with E-state index in [2.05, 4.69) is 20.8 Å². The molecule has 1 amide bonds. The minimum Gasteiger partial charge on any atom is -0.352 e. The summed E-state index contributed by atoms with van der Waals surface area (Å²) in [7, 11) is 1.89. The molecule has 1 aromatic heterocycles. The van der Waals surface area contributed by atoms with Gasteiger partial charge in [-0.2, -0.15) is 0 Å². The van der Waals surface area contributed by atoms with Crippen LogP contribution in [0.1, 0.15) is 44.5 Å². The average Bonchev–Trinajstić information content (AvgIpc) is 2.97. The van der Waals surface area contributed by atoms with Crippen LogP contribution in [0, 0.1) is 0 Å². The topological polar surface area (TPSA) is 71.8 Å². The van der Waals surface area contributed by atoms with Gasteiger partial charge in [-0.1, -0.05) is 12.8 Å². The fourth-order valence-electron chi connectivity index (χ4n) is 2.37. The second-order valence-electron chi connectivity index (χ2n) is 4.95. The second-order valence-corrected chi connectivity index (χ2v) is 4.95. The lowest BCUT2D eigenvalue weighted by atomic mass is 10.2. The number of nitrogens with zero attached hydrogens (tertiary/aromatic N) is 3. The van der Waals surface area contributed by atoms with Crippen molar-refractivity contribution in [3.05, 3.63) is 12.2 Å². The van der Waals surface area contributed by atoms with E-state index < -0.39 is 0 Å². The van der Waals surface area contributed by atoms with Gasteiger partial charge in [0.25, 0.3) is 0 Å². The highest BCUT2D eigenvalue weighted by molar-refractivity contribution is 5.78. The van der Waals surface area contributed by atoms with Crippen molar-refractivity contribution >= 4 is 5.91 Å². The maximum absolute atomic E-state index is 11.7. The fraction of sp³-hybridized carbons (Fsp3) is 0.750. The van der Waals surface area contributed by atoms with Gasteiger partial charge < -0.3 is 9.88 Å². The van der Waals surface area contributed by atoms with E-state index in [1.165, 1.54) is 12.8 Å². The predicted molar refractivity (Wildman–Crippen MR) is 67.8 cm³/mol. The number of rotatable bonds is 5. The lowest BCUT2D eigenvalue weighted by Crippen LogP contribution is -2.40. The Morgan fingerprint density at radius 3 is 2.89 bits per heavy atom. The van der Waals surface area contributed by atoms with Gasteiger partial charge in [0.05, 0.1) is 12.6 Å². The molecule has 1 aromatic rings. The number of hydrogen-bond donors (Lipinski definition) is 2. The third kappa shape index (κ3) is 3.29. The Hall–Kier alpha value is -1.43. The highest BCUT2D eigenvalue weighted by atomic mass is 16.2. The van der Waals surface area contributed by atoms with Crippen LogP contribution in [0.25, 0.3) is 0 Å². The van der Waals surface area contributed by atoms with Crippen LogP contribution in [-0.2, 0) is 11.8 Å². The van der Waals surface area contributed by atoms with E-state index in [9.17, 15) is 4.79 Å². The van der Waals surface area contributed by atoms with Crippen LogP contribution in [0.5, 0.6) is 0 Å². The van der Waals surface area contributed by atoms with Crippen molar-refractivity contribution < 1.29 is 4.79 Å². The fourth-order valence-corrected chi connectivity index (χ4v) is 2.37. The molecular formula is C12H21N5O. The number of amides is 1. The zero-order valence-electron chi connectivity index (χ0n) is 11.0. The molecule has 0 bridgehead atoms. The molecule has 0 radical (unpaired) electrons. The molecule has 0 aromatic carbocycles. The van der Waals surface area contributed by atoms with E-state index in [0.29, 0.717) is 12.6 Å². The van der Waals surface area contributed by atoms with Crippen LogP contribution in [0.2, 0.25) is 0 Å². The first kappa shape index (κ1) is 13.0. The van der Waals surface area contributed by atoms with Gasteiger partial charge in [-0.3, -0.25) is 10.1 Å². The Kier molecular flexibility index (Phi) is 4.30. The maximum atomic E-state index is 11.7. The third-order valence-electron chi connectivity index (χ3n) is 3.42. The lowest BCUT2D eigenvalue weighted by Gasteiger charge is -2.15. The van der Waals surface area contributed by atoms with Gasteiger partial charge in [0, 0.05) is 13.1 Å². The summed E-state index contributed by atoms with van der Waals surface area (Å²) in [6.07, 6.45) is 6.35. The van der Waals surface area contributed by atoms with Gasteiger partial charge in [0.15, 0.2) is 0 Å². The lowest BCUT2D eigenvalue weighted by molar-refractivity contribution is -0.121. The summed E-state index contributed by atoms with van der Waals surface area (Å²) in [6.45, 7) is 2.30. The maximum Gasteiger partial charge on any atom is 0.234 e. The summed E-state index contributed by atoms with van der Waals surface area (Å²) < 4.78 is 1.85. The Morgan fingerprint density at radius 1 is 1.56 bits per heavy atom. The van der Waals surface area contributed by atoms with E-state index in [-0.39, 0.29) is 11.9 Å². The molecule has 0 spiro atoms. The quantitative estimate of drug-likeness (QED) is 0.800. The van der Waals surface area contributed by atoms with Gasteiger partial charge >= 0.3 is 0 Å². The van der Waals surface area contributed by atoms with E-state index in [1.807, 2.05) is 18.5 Å². The molecule has 1 atom stereocenters. The average molecular weight is 251 g/mol. The van der Waals surface area contributed by atoms with Crippen LogP contribution in [0.3, 0.4) is 0 Å². The molecule has 2 N–H and O–H groups in total. The highest BCUT2D eigenvalue weighted by Gasteiger charge is 2.18. The zero-order chi connectivity index (χ0) is 13.0. The molecule has 1 fully saturated rings. The van der Waals surface area contributed by atoms with Gasteiger partial charge in [-0.25, -0.2) is 0 Å². The van der Waals surface area contributed by atoms with Crippen LogP contribution < -0.4 is 10.6 Å². The van der Waals surface area contributed by atoms with Crippen molar-refractivity contribution in [2.24, 2.45) is 7.05 Å². The third-order valence-corrected chi connectivity index (χ3v) is 3.42. The SMILES string of the molecule is CC(NCC(=O)NC1CCCC1)c1nncn1C. The van der Waals surface area contributed by atoms with Gasteiger partial charge in [0.1, 0.15) is 12.2 Å². The van der Waals surface area contributed by atoms with Crippen molar-refractivity contribution in [1.82, 2.24) is 25.4 Å². The molecule has 1 heterocycles. The molecule has 6 nitrogen and oxygen atoms in total. The first-order chi connectivity index (χ1) is 8.66. The van der Waals surface area contributed by atoms with Gasteiger partial charge in [-0.05, 0) is 19.8 Å². The zero-order valence-corrected chi connectivity index (χ0v) is 11.0. The first-order valence-corrected chi connectivity index (χ1v) is 6.53. The van der Waals surface area contributed by atoms with Crippen LogP contribution >= 0.6 is 0 Å². The number of carbonyl (C=O) groups is 1. The predicted octanol–water partition coefficient (Wildman–Crippen LogP) is 0.524. The minimum atomic E-state index is 0.0202. The first-order valence-electron chi connectivity index (χ1n) is 6.53. The van der Waals surface area contributed by atoms with Crippen molar-refractivity contribution in [2.75, 3.05) is 6.54 Å². The molecular weight excluding hydrogens is 230 g/mol. The molecule has 2 rings (SSSR count). The van der Waals surface area contributed by atoms with E-state index in [4.69, 9.17) is 0 Å². The standard InChI is InChI=1S/C12H21N5O/c1-9(12-16-14-8-17(12)2)13-7-11(18)15-10-5-3-4-6-10/h8-10,13H,3-7H2,1-2H3,(H,15,18). The Balaban J connectivity index is 1.73. The summed E-state index contributed by atoms with van der Waals surface area (Å²) in [4.78, 5) is 11.7. The summed E-state index contributed by atoms with van der Waals surface area (Å²) in [5.41, 5.74) is 0. The number of hydrogen-bond acceptors (Lipinski definition) is 4. The summed E-state index contributed by atoms with van der Waals surface area (Å²) in [6, 6.07) is 0.399. The molecule has 1 saturated carbocycles. The van der Waals surface area contributed by atoms with Gasteiger partial charge in [0.2, 0.25) is 5.91 Å². The molecule has 1 aliphatic carbocycles. The Labute approximate surface area is 107 Å². The minimum absolute atomic E-state index is 0.0202. The van der Waals surface area contributed by atoms with Crippen molar-refractivity contribution in [3.8, 4) is 0 Å². The Morgan fingerprint density at radius 2 is 2.28 bits per heavy atom. The molecule has 100 valence electrons. The summed E-state index contributed by atoms with van der Waals surface area (Å²) >= 11 is 0. The molecule has 0 aliphatic heterocycles. The van der Waals surface area contributed by atoms with E-state index >= 15 is 0 Å². The summed E-state index contributed by atoms with van der Waals surface area (Å²) in [5, 5.41) is 14.1. The monoisotopic (exact) mass is 251 g/mol. The second kappa shape index (κ2) is 5.95. The molecule has 1 unspecified atom stereocenters. The number of nitrogens with one attached hydrogen (secondary N) is 2. The Bertz CT molecular complexity index is 397. The number of carbonyl (C=O) groups excluding carboxylic acids is 1.